The maximum absolute atomic E-state index is 6.16. The molecule has 88 valence electrons. The molecule has 1 N–H and O–H groups in total. The minimum atomic E-state index is 0.695. The topological polar surface area (TPSA) is 24.9 Å². The average molecular weight is 423 g/mol. The van der Waals surface area contributed by atoms with Crippen LogP contribution in [-0.4, -0.2) is 4.98 Å². The van der Waals surface area contributed by atoms with E-state index in [1.165, 1.54) is 0 Å². The smallest absolute Gasteiger partial charge is 0.133 e. The quantitative estimate of drug-likeness (QED) is 0.676. The zero-order valence-electron chi connectivity index (χ0n) is 8.97. The van der Waals surface area contributed by atoms with E-state index in [-0.39, 0.29) is 0 Å². The SMILES string of the molecule is Cc1cc(Br)cnc1Nc1ccc(I)cc1Cl. The first kappa shape index (κ1) is 13.1. The van der Waals surface area contributed by atoms with E-state index < -0.39 is 0 Å². The van der Waals surface area contributed by atoms with E-state index in [1.807, 2.05) is 31.2 Å². The van der Waals surface area contributed by atoms with Crippen molar-refractivity contribution in [2.75, 3.05) is 5.32 Å². The third kappa shape index (κ3) is 3.33. The van der Waals surface area contributed by atoms with Crippen LogP contribution in [0.5, 0.6) is 0 Å². The third-order valence-corrected chi connectivity index (χ3v) is 3.65. The summed E-state index contributed by atoms with van der Waals surface area (Å²) in [5.74, 6) is 0.816. The summed E-state index contributed by atoms with van der Waals surface area (Å²) in [6.07, 6.45) is 1.76. The summed E-state index contributed by atoms with van der Waals surface area (Å²) in [4.78, 5) is 4.32. The van der Waals surface area contributed by atoms with Crippen molar-refractivity contribution in [2.45, 2.75) is 6.92 Å². The van der Waals surface area contributed by atoms with Crippen LogP contribution >= 0.6 is 50.1 Å². The van der Waals surface area contributed by atoms with Crippen LogP contribution in [0.3, 0.4) is 0 Å². The van der Waals surface area contributed by atoms with E-state index in [4.69, 9.17) is 11.6 Å². The Balaban J connectivity index is 2.31. The molecule has 1 aromatic heterocycles. The molecule has 0 unspecified atom stereocenters. The summed E-state index contributed by atoms with van der Waals surface area (Å²) in [5, 5.41) is 3.92. The fourth-order valence-corrected chi connectivity index (χ4v) is 2.74. The first-order valence-corrected chi connectivity index (χ1v) is 7.15. The zero-order valence-corrected chi connectivity index (χ0v) is 13.5. The molecule has 1 heterocycles. The molecular formula is C12H9BrClIN2. The molecule has 0 radical (unpaired) electrons. The molecule has 0 spiro atoms. The Morgan fingerprint density at radius 1 is 1.35 bits per heavy atom. The number of aromatic nitrogens is 1. The van der Waals surface area contributed by atoms with Gasteiger partial charge in [-0.05, 0) is 75.3 Å². The van der Waals surface area contributed by atoms with Crippen molar-refractivity contribution in [3.63, 3.8) is 0 Å². The molecular weight excluding hydrogens is 414 g/mol. The van der Waals surface area contributed by atoms with E-state index in [0.717, 1.165) is 25.1 Å². The molecule has 0 atom stereocenters. The molecule has 2 nitrogen and oxygen atoms in total. The molecule has 0 bridgehead atoms. The predicted molar refractivity (Wildman–Crippen MR) is 84.1 cm³/mol. The number of nitrogens with zero attached hydrogens (tertiary/aromatic N) is 1. The number of hydrogen-bond acceptors (Lipinski definition) is 2. The number of aryl methyl sites for hydroxylation is 1. The Hall–Kier alpha value is -0.330. The number of benzene rings is 1. The lowest BCUT2D eigenvalue weighted by Crippen LogP contribution is -1.97. The normalized spacial score (nSPS) is 10.4. The van der Waals surface area contributed by atoms with E-state index in [1.54, 1.807) is 6.20 Å². The molecule has 2 aromatic rings. The van der Waals surface area contributed by atoms with E-state index in [0.29, 0.717) is 5.02 Å². The van der Waals surface area contributed by atoms with Crippen LogP contribution in [-0.2, 0) is 0 Å². The Morgan fingerprint density at radius 2 is 2.12 bits per heavy atom. The number of rotatable bonds is 2. The largest absolute Gasteiger partial charge is 0.339 e. The lowest BCUT2D eigenvalue weighted by molar-refractivity contribution is 1.24. The highest BCUT2D eigenvalue weighted by Gasteiger charge is 2.05. The van der Waals surface area contributed by atoms with Gasteiger partial charge in [0, 0.05) is 14.2 Å². The molecule has 0 amide bonds. The van der Waals surface area contributed by atoms with Gasteiger partial charge in [-0.3, -0.25) is 0 Å². The molecule has 0 saturated heterocycles. The fraction of sp³-hybridized carbons (Fsp3) is 0.0833. The Bertz CT molecular complexity index is 511. The van der Waals surface area contributed by atoms with Gasteiger partial charge in [0.2, 0.25) is 0 Å². The summed E-state index contributed by atoms with van der Waals surface area (Å²) < 4.78 is 2.08. The maximum atomic E-state index is 6.16. The fourth-order valence-electron chi connectivity index (χ4n) is 1.39. The standard InChI is InChI=1S/C12H9BrClIN2/c1-7-4-8(13)6-16-12(7)17-11-3-2-9(15)5-10(11)14/h2-6H,1H3,(H,16,17). The number of halogens is 3. The van der Waals surface area contributed by atoms with Gasteiger partial charge in [0.15, 0.2) is 0 Å². The van der Waals surface area contributed by atoms with Crippen molar-refractivity contribution in [2.24, 2.45) is 0 Å². The van der Waals surface area contributed by atoms with Crippen LogP contribution in [0.15, 0.2) is 34.9 Å². The summed E-state index contributed by atoms with van der Waals surface area (Å²) in [6, 6.07) is 7.88. The van der Waals surface area contributed by atoms with Gasteiger partial charge in [-0.15, -0.1) is 0 Å². The van der Waals surface area contributed by atoms with Crippen LogP contribution in [0.1, 0.15) is 5.56 Å². The van der Waals surface area contributed by atoms with Crippen LogP contribution in [0.2, 0.25) is 5.02 Å². The number of nitrogens with one attached hydrogen (secondary N) is 1. The summed E-state index contributed by atoms with van der Waals surface area (Å²) in [5.41, 5.74) is 1.93. The molecule has 0 aliphatic heterocycles. The molecule has 17 heavy (non-hydrogen) atoms. The zero-order chi connectivity index (χ0) is 12.4. The highest BCUT2D eigenvalue weighted by atomic mass is 127. The first-order chi connectivity index (χ1) is 8.06. The van der Waals surface area contributed by atoms with E-state index in [2.05, 4.69) is 48.8 Å². The van der Waals surface area contributed by atoms with E-state index in [9.17, 15) is 0 Å². The number of pyridine rings is 1. The van der Waals surface area contributed by atoms with Crippen molar-refractivity contribution in [1.29, 1.82) is 0 Å². The van der Waals surface area contributed by atoms with Gasteiger partial charge in [0.1, 0.15) is 5.82 Å². The van der Waals surface area contributed by atoms with Crippen molar-refractivity contribution in [1.82, 2.24) is 4.98 Å². The van der Waals surface area contributed by atoms with Crippen molar-refractivity contribution in [3.8, 4) is 0 Å². The Morgan fingerprint density at radius 3 is 2.76 bits per heavy atom. The second kappa shape index (κ2) is 5.54. The molecule has 2 rings (SSSR count). The Kier molecular flexibility index (Phi) is 4.27. The molecule has 0 saturated carbocycles. The molecule has 5 heteroatoms. The van der Waals surface area contributed by atoms with Crippen LogP contribution in [0.4, 0.5) is 11.5 Å². The molecule has 0 aliphatic carbocycles. The number of anilines is 2. The molecule has 0 fully saturated rings. The highest BCUT2D eigenvalue weighted by Crippen LogP contribution is 2.28. The third-order valence-electron chi connectivity index (χ3n) is 2.23. The van der Waals surface area contributed by atoms with Gasteiger partial charge < -0.3 is 5.32 Å². The van der Waals surface area contributed by atoms with Gasteiger partial charge in [-0.25, -0.2) is 4.98 Å². The van der Waals surface area contributed by atoms with Gasteiger partial charge in [0.05, 0.1) is 10.7 Å². The van der Waals surface area contributed by atoms with Crippen LogP contribution < -0.4 is 5.32 Å². The second-order valence-corrected chi connectivity index (χ2v) is 6.14. The number of hydrogen-bond donors (Lipinski definition) is 1. The van der Waals surface area contributed by atoms with Crippen molar-refractivity contribution >= 4 is 61.6 Å². The van der Waals surface area contributed by atoms with Gasteiger partial charge in [-0.1, -0.05) is 11.6 Å². The summed E-state index contributed by atoms with van der Waals surface area (Å²) in [7, 11) is 0. The minimum absolute atomic E-state index is 0.695. The van der Waals surface area contributed by atoms with Crippen molar-refractivity contribution < 1.29 is 0 Å². The molecule has 1 aromatic carbocycles. The summed E-state index contributed by atoms with van der Waals surface area (Å²) >= 11 is 11.8. The summed E-state index contributed by atoms with van der Waals surface area (Å²) in [6.45, 7) is 2.00. The van der Waals surface area contributed by atoms with Gasteiger partial charge >= 0.3 is 0 Å². The first-order valence-electron chi connectivity index (χ1n) is 4.90. The second-order valence-electron chi connectivity index (χ2n) is 3.57. The lowest BCUT2D eigenvalue weighted by atomic mass is 10.2. The maximum Gasteiger partial charge on any atom is 0.133 e. The van der Waals surface area contributed by atoms with Gasteiger partial charge in [0.25, 0.3) is 0 Å². The monoisotopic (exact) mass is 422 g/mol. The lowest BCUT2D eigenvalue weighted by Gasteiger charge is -2.10. The van der Waals surface area contributed by atoms with Crippen LogP contribution in [0.25, 0.3) is 0 Å². The highest BCUT2D eigenvalue weighted by molar-refractivity contribution is 14.1. The van der Waals surface area contributed by atoms with Crippen molar-refractivity contribution in [3.05, 3.63) is 49.1 Å². The van der Waals surface area contributed by atoms with Crippen LogP contribution in [0, 0.1) is 10.5 Å². The molecule has 0 aliphatic rings. The van der Waals surface area contributed by atoms with E-state index >= 15 is 0 Å². The minimum Gasteiger partial charge on any atom is -0.339 e. The predicted octanol–water partition coefficient (Wildman–Crippen LogP) is 5.15. The van der Waals surface area contributed by atoms with Gasteiger partial charge in [-0.2, -0.15) is 0 Å². The average Bonchev–Trinajstić information content (AvgIpc) is 2.25. The Labute approximate surface area is 127 Å².